The fourth-order valence-corrected chi connectivity index (χ4v) is 11.8. The van der Waals surface area contributed by atoms with Crippen LogP contribution in [-0.4, -0.2) is 55.0 Å². The first kappa shape index (κ1) is 37.5. The molecule has 8 heteroatoms. The van der Waals surface area contributed by atoms with Crippen LogP contribution in [-0.2, 0) is 11.3 Å². The zero-order valence-electron chi connectivity index (χ0n) is 31.9. The van der Waals surface area contributed by atoms with Crippen LogP contribution in [0.4, 0.5) is 5.69 Å². The average molecular weight is 721 g/mol. The van der Waals surface area contributed by atoms with E-state index >= 15 is 0 Å². The lowest BCUT2D eigenvalue weighted by Crippen LogP contribution is -2.63. The van der Waals surface area contributed by atoms with Crippen LogP contribution in [0.3, 0.4) is 0 Å². The molecule has 3 aromatic rings. The number of para-hydroxylation sites is 1. The maximum absolute atomic E-state index is 12.6. The molecule has 0 amide bonds. The fourth-order valence-electron chi connectivity index (χ4n) is 11.8. The second kappa shape index (κ2) is 14.1. The molecule has 0 bridgehead atoms. The summed E-state index contributed by atoms with van der Waals surface area (Å²) in [7, 11) is 0. The van der Waals surface area contributed by atoms with Gasteiger partial charge in [-0.15, -0.1) is 0 Å². The average Bonchev–Trinajstić information content (AvgIpc) is 3.48. The van der Waals surface area contributed by atoms with Crippen molar-refractivity contribution >= 4 is 28.3 Å². The van der Waals surface area contributed by atoms with Crippen LogP contribution >= 0.6 is 0 Å². The molecule has 53 heavy (non-hydrogen) atoms. The van der Waals surface area contributed by atoms with Gasteiger partial charge in [0.2, 0.25) is 0 Å². The van der Waals surface area contributed by atoms with Gasteiger partial charge in [-0.1, -0.05) is 62.9 Å². The summed E-state index contributed by atoms with van der Waals surface area (Å²) < 4.78 is 0. The van der Waals surface area contributed by atoms with Crippen molar-refractivity contribution in [2.75, 3.05) is 5.32 Å². The lowest BCUT2D eigenvalue weighted by molar-refractivity contribution is -0.211. The molecule has 4 aliphatic carbocycles. The highest BCUT2D eigenvalue weighted by Crippen LogP contribution is 2.69. The summed E-state index contributed by atoms with van der Waals surface area (Å²) in [6, 6.07) is 15.8. The van der Waals surface area contributed by atoms with E-state index in [4.69, 9.17) is 0 Å². The molecule has 282 valence electrons. The van der Waals surface area contributed by atoms with Gasteiger partial charge >= 0.3 is 5.97 Å². The Morgan fingerprint density at radius 3 is 2.47 bits per heavy atom. The molecule has 4 aliphatic rings. The number of carboxylic acid groups (broad SMARTS) is 1. The molecule has 0 aliphatic heterocycles. The van der Waals surface area contributed by atoms with E-state index in [1.165, 1.54) is 0 Å². The van der Waals surface area contributed by atoms with Crippen LogP contribution in [0.1, 0.15) is 113 Å². The number of aromatic nitrogens is 1. The summed E-state index contributed by atoms with van der Waals surface area (Å²) in [4.78, 5) is 28.5. The van der Waals surface area contributed by atoms with E-state index < -0.39 is 23.8 Å². The monoisotopic (exact) mass is 720 g/mol. The van der Waals surface area contributed by atoms with Crippen molar-refractivity contribution in [3.8, 4) is 11.8 Å². The summed E-state index contributed by atoms with van der Waals surface area (Å²) >= 11 is 0. The Hall–Kier alpha value is -3.77. The van der Waals surface area contributed by atoms with Gasteiger partial charge in [-0.3, -0.25) is 14.6 Å². The normalized spacial score (nSPS) is 35.3. The van der Waals surface area contributed by atoms with Crippen molar-refractivity contribution in [3.63, 3.8) is 0 Å². The molecule has 5 unspecified atom stereocenters. The standard InChI is InChI=1S/C45H56N2O6/c1-26(10-17-39(51)52)33-15-16-34-41-35(23-38(50)44(33,34)5)43(4)20-21-45(53,24-31(43)22-37(41)49)19-18-29-11-13-30(14-12-29)25-46-42-32-8-6-7-9-36(32)47-27(2)40(42)28(3)48/h6-9,11-14,26,31,33-35,37-38,41,49-50,53H,10,15-17,20-25H2,1-5H3,(H,46,47)(H,51,52)/t26-,31?,33-,34?,35?,37?,38+,41?,43+,44-,45-/m1/s1. The highest BCUT2D eigenvalue weighted by molar-refractivity contribution is 6.08. The van der Waals surface area contributed by atoms with Crippen LogP contribution in [0, 0.1) is 65.1 Å². The second-order valence-electron chi connectivity index (χ2n) is 17.6. The lowest BCUT2D eigenvalue weighted by atomic mass is 9.42. The van der Waals surface area contributed by atoms with Gasteiger partial charge < -0.3 is 25.7 Å². The van der Waals surface area contributed by atoms with Gasteiger partial charge in [0.15, 0.2) is 5.78 Å². The van der Waals surface area contributed by atoms with Gasteiger partial charge in [0.05, 0.1) is 34.7 Å². The maximum atomic E-state index is 12.6. The first-order valence-corrected chi connectivity index (χ1v) is 19.7. The van der Waals surface area contributed by atoms with Gasteiger partial charge in [-0.25, -0.2) is 0 Å². The Bertz CT molecular complexity index is 1950. The third kappa shape index (κ3) is 6.68. The smallest absolute Gasteiger partial charge is 0.303 e. The number of aryl methyl sites for hydroxylation is 1. The Morgan fingerprint density at radius 2 is 1.75 bits per heavy atom. The van der Waals surface area contributed by atoms with Crippen LogP contribution in [0.25, 0.3) is 10.9 Å². The minimum Gasteiger partial charge on any atom is -0.481 e. The van der Waals surface area contributed by atoms with Crippen LogP contribution in [0.5, 0.6) is 0 Å². The number of fused-ring (bicyclic) bond motifs is 6. The van der Waals surface area contributed by atoms with Crippen LogP contribution in [0.2, 0.25) is 0 Å². The third-order valence-electron chi connectivity index (χ3n) is 14.7. The molecular weight excluding hydrogens is 665 g/mol. The number of carboxylic acids is 1. The topological polar surface area (TPSA) is 140 Å². The molecule has 0 radical (unpaired) electrons. The predicted octanol–water partition coefficient (Wildman–Crippen LogP) is 7.54. The van der Waals surface area contributed by atoms with E-state index in [1.54, 1.807) is 6.92 Å². The Balaban J connectivity index is 1.03. The number of hydrogen-bond donors (Lipinski definition) is 5. The number of nitrogens with zero attached hydrogens (tertiary/aromatic N) is 1. The van der Waals surface area contributed by atoms with Gasteiger partial charge in [0.25, 0.3) is 0 Å². The Morgan fingerprint density at radius 1 is 1.02 bits per heavy atom. The van der Waals surface area contributed by atoms with Crippen LogP contribution < -0.4 is 5.32 Å². The second-order valence-corrected chi connectivity index (χ2v) is 17.6. The molecule has 2 aromatic carbocycles. The van der Waals surface area contributed by atoms with Gasteiger partial charge in [-0.2, -0.15) is 0 Å². The zero-order valence-corrected chi connectivity index (χ0v) is 31.9. The number of aliphatic hydroxyl groups excluding tert-OH is 2. The van der Waals surface area contributed by atoms with E-state index in [2.05, 4.69) is 42.9 Å². The summed E-state index contributed by atoms with van der Waals surface area (Å²) in [5.41, 5.74) is 3.20. The number of carbonyl (C=O) groups is 2. The van der Waals surface area contributed by atoms with Crippen molar-refractivity contribution in [1.29, 1.82) is 0 Å². The summed E-state index contributed by atoms with van der Waals surface area (Å²) in [5, 5.41) is 49.3. The SMILES string of the molecule is CC(=O)c1c(C)nc2ccccc2c1NCc1ccc(C#C[C@@]2(O)CC[C@@]3(C)C(CC(O)C4C3C[C@H](O)[C@@]3(C)C4CC[C@@H]3[C@H](C)CCC(=O)O)C2)cc1. The van der Waals surface area contributed by atoms with E-state index in [-0.39, 0.29) is 58.5 Å². The van der Waals surface area contributed by atoms with Crippen molar-refractivity contribution < 1.29 is 30.0 Å². The number of hydrogen-bond acceptors (Lipinski definition) is 7. The molecule has 11 atom stereocenters. The predicted molar refractivity (Wildman–Crippen MR) is 206 cm³/mol. The molecule has 0 spiro atoms. The number of aliphatic carboxylic acids is 1. The molecular formula is C45H56N2O6. The number of ketones is 1. The zero-order chi connectivity index (χ0) is 37.9. The number of benzene rings is 2. The number of rotatable bonds is 8. The maximum Gasteiger partial charge on any atom is 0.303 e. The number of aliphatic hydroxyl groups is 3. The summed E-state index contributed by atoms with van der Waals surface area (Å²) in [6.45, 7) is 10.6. The molecule has 1 aromatic heterocycles. The molecule has 5 N–H and O–H groups in total. The molecule has 0 saturated heterocycles. The van der Waals surface area contributed by atoms with Crippen LogP contribution in [0.15, 0.2) is 48.5 Å². The quantitative estimate of drug-likeness (QED) is 0.119. The van der Waals surface area contributed by atoms with Crippen molar-refractivity contribution in [2.45, 2.75) is 117 Å². The van der Waals surface area contributed by atoms with Crippen molar-refractivity contribution in [1.82, 2.24) is 4.98 Å². The summed E-state index contributed by atoms with van der Waals surface area (Å²) in [5.74, 6) is 6.68. The largest absolute Gasteiger partial charge is 0.481 e. The van der Waals surface area contributed by atoms with Crippen molar-refractivity contribution in [2.24, 2.45) is 46.3 Å². The number of Topliss-reactive ketones (excluding diaryl/α,β-unsaturated/α-hetero) is 1. The number of pyridine rings is 1. The molecule has 8 nitrogen and oxygen atoms in total. The van der Waals surface area contributed by atoms with Gasteiger partial charge in [0, 0.05) is 23.9 Å². The lowest BCUT2D eigenvalue weighted by Gasteiger charge is -2.64. The molecule has 1 heterocycles. The minimum atomic E-state index is -1.15. The van der Waals surface area contributed by atoms with E-state index in [1.807, 2.05) is 55.5 Å². The Kier molecular flexibility index (Phi) is 10.0. The Labute approximate surface area is 313 Å². The van der Waals surface area contributed by atoms with E-state index in [0.717, 1.165) is 47.0 Å². The number of carbonyl (C=O) groups excluding carboxylic acids is 1. The van der Waals surface area contributed by atoms with Gasteiger partial charge in [0.1, 0.15) is 5.60 Å². The van der Waals surface area contributed by atoms with Gasteiger partial charge in [-0.05, 0) is 135 Å². The van der Waals surface area contributed by atoms with Crippen molar-refractivity contribution in [3.05, 3.63) is 70.9 Å². The first-order chi connectivity index (χ1) is 25.1. The third-order valence-corrected chi connectivity index (χ3v) is 14.7. The highest BCUT2D eigenvalue weighted by atomic mass is 16.4. The van der Waals surface area contributed by atoms with E-state index in [0.29, 0.717) is 49.9 Å². The highest BCUT2D eigenvalue weighted by Gasteiger charge is 2.66. The number of nitrogens with one attached hydrogen (secondary N) is 1. The molecule has 4 saturated carbocycles. The molecule has 7 rings (SSSR count). The summed E-state index contributed by atoms with van der Waals surface area (Å²) in [6.07, 6.45) is 4.79. The first-order valence-electron chi connectivity index (χ1n) is 19.7. The molecule has 4 fully saturated rings. The van der Waals surface area contributed by atoms with E-state index in [9.17, 15) is 30.0 Å². The fraction of sp³-hybridized carbons (Fsp3) is 0.578. The minimum absolute atomic E-state index is 0.0277. The number of anilines is 1.